The van der Waals surface area contributed by atoms with E-state index < -0.39 is 5.63 Å². The van der Waals surface area contributed by atoms with Gasteiger partial charge in [0.05, 0.1) is 6.04 Å². The number of aryl methyl sites for hydroxylation is 1. The Labute approximate surface area is 94.0 Å². The van der Waals surface area contributed by atoms with Gasteiger partial charge in [-0.15, -0.1) is 0 Å². The van der Waals surface area contributed by atoms with E-state index >= 15 is 0 Å². The maximum absolute atomic E-state index is 11.4. The first-order valence-electron chi connectivity index (χ1n) is 4.98. The molecular weight excluding hydrogens is 206 g/mol. The van der Waals surface area contributed by atoms with Gasteiger partial charge in [-0.3, -0.25) is 4.79 Å². The number of carbonyl (C=O) groups is 1. The maximum atomic E-state index is 11.4. The summed E-state index contributed by atoms with van der Waals surface area (Å²) >= 11 is 0. The van der Waals surface area contributed by atoms with E-state index in [0.717, 1.165) is 5.56 Å². The van der Waals surface area contributed by atoms with Crippen molar-refractivity contribution in [1.29, 1.82) is 0 Å². The van der Waals surface area contributed by atoms with E-state index in [2.05, 4.69) is 11.9 Å². The molecule has 1 aromatic heterocycles. The number of carbonyl (C=O) groups excluding carboxylic acids is 1. The zero-order valence-corrected chi connectivity index (χ0v) is 9.66. The maximum Gasteiger partial charge on any atom is 0.336 e. The van der Waals surface area contributed by atoms with Crippen molar-refractivity contribution >= 4 is 5.91 Å². The lowest BCUT2D eigenvalue weighted by Crippen LogP contribution is -2.27. The molecule has 1 amide bonds. The highest BCUT2D eigenvalue weighted by molar-refractivity contribution is 5.92. The molecule has 1 atom stereocenters. The van der Waals surface area contributed by atoms with Crippen LogP contribution in [0.25, 0.3) is 0 Å². The molecule has 0 bridgehead atoms. The number of hydrogen-bond donors (Lipinski definition) is 1. The van der Waals surface area contributed by atoms with Crippen LogP contribution in [-0.2, 0) is 4.79 Å². The van der Waals surface area contributed by atoms with Crippen LogP contribution in [0.3, 0.4) is 0 Å². The first-order chi connectivity index (χ1) is 7.40. The second kappa shape index (κ2) is 4.79. The fourth-order valence-electron chi connectivity index (χ4n) is 1.23. The summed E-state index contributed by atoms with van der Waals surface area (Å²) in [6.07, 6.45) is 0. The number of rotatable bonds is 3. The van der Waals surface area contributed by atoms with Gasteiger partial charge in [0.15, 0.2) is 0 Å². The fraction of sp³-hybridized carbons (Fsp3) is 0.333. The lowest BCUT2D eigenvalue weighted by Gasteiger charge is -2.12. The van der Waals surface area contributed by atoms with E-state index in [1.807, 2.05) is 0 Å². The summed E-state index contributed by atoms with van der Waals surface area (Å²) in [5.74, 6) is 0.191. The Hall–Kier alpha value is -1.84. The van der Waals surface area contributed by atoms with Gasteiger partial charge in [0.2, 0.25) is 5.91 Å². The van der Waals surface area contributed by atoms with E-state index in [1.54, 1.807) is 26.8 Å². The van der Waals surface area contributed by atoms with Gasteiger partial charge in [-0.2, -0.15) is 0 Å². The van der Waals surface area contributed by atoms with Crippen LogP contribution in [0.1, 0.15) is 31.2 Å². The molecule has 0 saturated carbocycles. The molecule has 1 N–H and O–H groups in total. The van der Waals surface area contributed by atoms with E-state index in [-0.39, 0.29) is 11.9 Å². The van der Waals surface area contributed by atoms with Crippen molar-refractivity contribution in [3.05, 3.63) is 46.0 Å². The molecule has 1 rings (SSSR count). The van der Waals surface area contributed by atoms with Crippen LogP contribution in [0.5, 0.6) is 0 Å². The molecule has 1 unspecified atom stereocenters. The Kier molecular flexibility index (Phi) is 3.66. The van der Waals surface area contributed by atoms with Crippen molar-refractivity contribution in [2.24, 2.45) is 0 Å². The third-order valence-corrected chi connectivity index (χ3v) is 2.10. The topological polar surface area (TPSA) is 59.3 Å². The first-order valence-corrected chi connectivity index (χ1v) is 4.98. The standard InChI is InChI=1S/C12H15NO3/c1-7(2)12(15)13-9(4)10-5-8(3)6-11(14)16-10/h5-6,9H,1H2,2-4H3,(H,13,15). The molecule has 86 valence electrons. The quantitative estimate of drug-likeness (QED) is 0.790. The van der Waals surface area contributed by atoms with Gasteiger partial charge in [0.25, 0.3) is 0 Å². The molecule has 4 heteroatoms. The summed E-state index contributed by atoms with van der Waals surface area (Å²) in [6, 6.07) is 2.78. The predicted octanol–water partition coefficient (Wildman–Crippen LogP) is 1.70. The molecule has 0 saturated heterocycles. The second-order valence-electron chi connectivity index (χ2n) is 3.83. The van der Waals surface area contributed by atoms with Crippen LogP contribution in [0.2, 0.25) is 0 Å². The SMILES string of the molecule is C=C(C)C(=O)NC(C)c1cc(C)cc(=O)o1. The van der Waals surface area contributed by atoms with E-state index in [0.29, 0.717) is 11.3 Å². The van der Waals surface area contributed by atoms with Crippen molar-refractivity contribution in [3.63, 3.8) is 0 Å². The number of nitrogens with one attached hydrogen (secondary N) is 1. The fourth-order valence-corrected chi connectivity index (χ4v) is 1.23. The van der Waals surface area contributed by atoms with Crippen LogP contribution in [0, 0.1) is 6.92 Å². The average Bonchev–Trinajstić information content (AvgIpc) is 2.15. The van der Waals surface area contributed by atoms with Gasteiger partial charge >= 0.3 is 5.63 Å². The molecule has 0 aromatic carbocycles. The Morgan fingerprint density at radius 3 is 2.62 bits per heavy atom. The molecule has 1 aromatic rings. The Bertz CT molecular complexity index is 473. The zero-order chi connectivity index (χ0) is 12.3. The van der Waals surface area contributed by atoms with E-state index in [4.69, 9.17) is 4.42 Å². The van der Waals surface area contributed by atoms with E-state index in [1.165, 1.54) is 6.07 Å². The highest BCUT2D eigenvalue weighted by Gasteiger charge is 2.12. The zero-order valence-electron chi connectivity index (χ0n) is 9.66. The Morgan fingerprint density at radius 2 is 2.12 bits per heavy atom. The third kappa shape index (κ3) is 3.08. The van der Waals surface area contributed by atoms with Crippen molar-refractivity contribution in [2.75, 3.05) is 0 Å². The number of hydrogen-bond acceptors (Lipinski definition) is 3. The summed E-state index contributed by atoms with van der Waals surface area (Å²) in [7, 11) is 0. The molecular formula is C12H15NO3. The molecule has 0 spiro atoms. The largest absolute Gasteiger partial charge is 0.426 e. The summed E-state index contributed by atoms with van der Waals surface area (Å²) in [5, 5.41) is 2.68. The van der Waals surface area contributed by atoms with Crippen LogP contribution < -0.4 is 10.9 Å². The Morgan fingerprint density at radius 1 is 1.50 bits per heavy atom. The molecule has 4 nitrogen and oxygen atoms in total. The van der Waals surface area contributed by atoms with Gasteiger partial charge in [-0.25, -0.2) is 4.79 Å². The van der Waals surface area contributed by atoms with Crippen molar-refractivity contribution < 1.29 is 9.21 Å². The summed E-state index contributed by atoms with van der Waals surface area (Å²) in [6.45, 7) is 8.70. The number of amides is 1. The molecule has 0 radical (unpaired) electrons. The summed E-state index contributed by atoms with van der Waals surface area (Å²) < 4.78 is 5.00. The Balaban J connectivity index is 2.88. The smallest absolute Gasteiger partial charge is 0.336 e. The molecule has 1 heterocycles. The molecule has 16 heavy (non-hydrogen) atoms. The van der Waals surface area contributed by atoms with Gasteiger partial charge in [0.1, 0.15) is 5.76 Å². The first kappa shape index (κ1) is 12.2. The highest BCUT2D eigenvalue weighted by Crippen LogP contribution is 2.11. The molecule has 0 aliphatic rings. The molecule has 0 aliphatic carbocycles. The van der Waals surface area contributed by atoms with Crippen LogP contribution in [0.4, 0.5) is 0 Å². The van der Waals surface area contributed by atoms with Gasteiger partial charge in [-0.05, 0) is 32.4 Å². The van der Waals surface area contributed by atoms with Gasteiger partial charge < -0.3 is 9.73 Å². The van der Waals surface area contributed by atoms with Gasteiger partial charge in [0, 0.05) is 11.6 Å². The predicted molar refractivity (Wildman–Crippen MR) is 61.1 cm³/mol. The van der Waals surface area contributed by atoms with Gasteiger partial charge in [-0.1, -0.05) is 6.58 Å². The van der Waals surface area contributed by atoms with E-state index in [9.17, 15) is 9.59 Å². The second-order valence-corrected chi connectivity index (χ2v) is 3.83. The average molecular weight is 221 g/mol. The monoisotopic (exact) mass is 221 g/mol. The van der Waals surface area contributed by atoms with Crippen molar-refractivity contribution in [1.82, 2.24) is 5.32 Å². The van der Waals surface area contributed by atoms with Crippen LogP contribution in [0.15, 0.2) is 33.5 Å². The lowest BCUT2D eigenvalue weighted by molar-refractivity contribution is -0.118. The normalized spacial score (nSPS) is 11.9. The van der Waals surface area contributed by atoms with Crippen molar-refractivity contribution in [3.8, 4) is 0 Å². The minimum Gasteiger partial charge on any atom is -0.426 e. The third-order valence-electron chi connectivity index (χ3n) is 2.10. The van der Waals surface area contributed by atoms with Crippen molar-refractivity contribution in [2.45, 2.75) is 26.8 Å². The molecule has 0 fully saturated rings. The molecule has 0 aliphatic heterocycles. The van der Waals surface area contributed by atoms with Crippen LogP contribution >= 0.6 is 0 Å². The highest BCUT2D eigenvalue weighted by atomic mass is 16.4. The summed E-state index contributed by atoms with van der Waals surface area (Å²) in [5.41, 5.74) is 0.816. The minimum absolute atomic E-state index is 0.253. The summed E-state index contributed by atoms with van der Waals surface area (Å²) in [4.78, 5) is 22.5. The lowest BCUT2D eigenvalue weighted by atomic mass is 10.2. The van der Waals surface area contributed by atoms with Crippen LogP contribution in [-0.4, -0.2) is 5.91 Å². The minimum atomic E-state index is -0.411.